The van der Waals surface area contributed by atoms with Crippen molar-refractivity contribution in [3.8, 4) is 11.3 Å². The summed E-state index contributed by atoms with van der Waals surface area (Å²) >= 11 is 0. The van der Waals surface area contributed by atoms with Crippen LogP contribution in [0.4, 0.5) is 23.4 Å². The van der Waals surface area contributed by atoms with Crippen LogP contribution in [0.2, 0.25) is 0 Å². The molecule has 0 saturated heterocycles. The first-order chi connectivity index (χ1) is 9.34. The molecule has 1 aromatic carbocycles. The molecule has 1 aromatic heterocycles. The van der Waals surface area contributed by atoms with E-state index in [0.29, 0.717) is 6.54 Å². The van der Waals surface area contributed by atoms with Gasteiger partial charge >= 0.3 is 6.18 Å². The van der Waals surface area contributed by atoms with E-state index in [1.165, 1.54) is 12.4 Å². The van der Waals surface area contributed by atoms with Crippen LogP contribution in [0.5, 0.6) is 0 Å². The fourth-order valence-corrected chi connectivity index (χ4v) is 1.92. The normalized spacial score (nSPS) is 11.8. The molecule has 0 saturated carbocycles. The maximum absolute atomic E-state index is 13.2. The lowest BCUT2D eigenvalue weighted by Crippen LogP contribution is -2.08. The van der Waals surface area contributed by atoms with E-state index in [1.807, 2.05) is 6.92 Å². The third-order valence-corrected chi connectivity index (χ3v) is 2.89. The van der Waals surface area contributed by atoms with E-state index in [-0.39, 0.29) is 17.1 Å². The molecule has 7 heteroatoms. The van der Waals surface area contributed by atoms with Gasteiger partial charge in [0.2, 0.25) is 0 Å². The third-order valence-electron chi connectivity index (χ3n) is 2.89. The number of nitrogens with two attached hydrogens (primary N) is 1. The Labute approximate surface area is 113 Å². The number of hydrogen-bond donors (Lipinski definition) is 1. The van der Waals surface area contributed by atoms with E-state index < -0.39 is 17.6 Å². The Morgan fingerprint density at radius 3 is 2.60 bits per heavy atom. The summed E-state index contributed by atoms with van der Waals surface area (Å²) < 4.78 is 52.9. The van der Waals surface area contributed by atoms with Gasteiger partial charge in [0.15, 0.2) is 0 Å². The zero-order valence-electron chi connectivity index (χ0n) is 10.7. The highest BCUT2D eigenvalue weighted by atomic mass is 19.4. The summed E-state index contributed by atoms with van der Waals surface area (Å²) in [7, 11) is 0. The van der Waals surface area contributed by atoms with Crippen molar-refractivity contribution in [3.63, 3.8) is 0 Å². The highest BCUT2D eigenvalue weighted by molar-refractivity contribution is 5.71. The van der Waals surface area contributed by atoms with Crippen LogP contribution >= 0.6 is 0 Å². The van der Waals surface area contributed by atoms with Gasteiger partial charge in [-0.15, -0.1) is 0 Å². The molecule has 0 fully saturated rings. The number of aromatic nitrogens is 2. The maximum atomic E-state index is 13.2. The number of hydrogen-bond acceptors (Lipinski definition) is 2. The number of imidazole rings is 1. The van der Waals surface area contributed by atoms with Gasteiger partial charge in [0.05, 0.1) is 11.9 Å². The number of aryl methyl sites for hydroxylation is 1. The fraction of sp³-hybridized carbons (Fsp3) is 0.308. The largest absolute Gasteiger partial charge is 0.419 e. The van der Waals surface area contributed by atoms with E-state index in [0.717, 1.165) is 18.6 Å². The Hall–Kier alpha value is -2.05. The molecule has 0 unspecified atom stereocenters. The summed E-state index contributed by atoms with van der Waals surface area (Å²) in [6, 6.07) is 2.74. The number of halogens is 4. The Morgan fingerprint density at radius 1 is 1.30 bits per heavy atom. The van der Waals surface area contributed by atoms with Gasteiger partial charge in [0.1, 0.15) is 17.3 Å². The lowest BCUT2D eigenvalue weighted by molar-refractivity contribution is -0.139. The molecule has 108 valence electrons. The van der Waals surface area contributed by atoms with Crippen molar-refractivity contribution in [2.75, 3.05) is 5.73 Å². The molecule has 0 bridgehead atoms. The zero-order chi connectivity index (χ0) is 14.9. The summed E-state index contributed by atoms with van der Waals surface area (Å²) in [6.45, 7) is 2.56. The van der Waals surface area contributed by atoms with Crippen LogP contribution in [0.1, 0.15) is 18.9 Å². The van der Waals surface area contributed by atoms with E-state index in [4.69, 9.17) is 5.73 Å². The van der Waals surface area contributed by atoms with Crippen molar-refractivity contribution in [1.29, 1.82) is 0 Å². The molecule has 0 spiro atoms. The van der Waals surface area contributed by atoms with Crippen LogP contribution in [-0.4, -0.2) is 9.55 Å². The molecule has 1 heterocycles. The Kier molecular flexibility index (Phi) is 3.69. The number of anilines is 1. The number of nitrogens with zero attached hydrogens (tertiary/aromatic N) is 2. The summed E-state index contributed by atoms with van der Waals surface area (Å²) in [5.41, 5.74) is 4.89. The SMILES string of the molecule is CCCn1cnc(-c2ccc(F)c(C(F)(F)F)c2)c1N. The molecular formula is C13H13F4N3. The quantitative estimate of drug-likeness (QED) is 0.875. The van der Waals surface area contributed by atoms with Crippen LogP contribution < -0.4 is 5.73 Å². The van der Waals surface area contributed by atoms with Crippen molar-refractivity contribution >= 4 is 5.82 Å². The van der Waals surface area contributed by atoms with E-state index >= 15 is 0 Å². The second-order valence-corrected chi connectivity index (χ2v) is 4.36. The minimum absolute atomic E-state index is 0.145. The maximum Gasteiger partial charge on any atom is 0.419 e. The van der Waals surface area contributed by atoms with Gasteiger partial charge < -0.3 is 10.3 Å². The van der Waals surface area contributed by atoms with Crippen molar-refractivity contribution < 1.29 is 17.6 Å². The first-order valence-corrected chi connectivity index (χ1v) is 6.02. The lowest BCUT2D eigenvalue weighted by atomic mass is 10.1. The van der Waals surface area contributed by atoms with Gasteiger partial charge in [-0.25, -0.2) is 9.37 Å². The summed E-state index contributed by atoms with van der Waals surface area (Å²) in [6.07, 6.45) is -2.47. The first kappa shape index (κ1) is 14.4. The monoisotopic (exact) mass is 287 g/mol. The van der Waals surface area contributed by atoms with Crippen LogP contribution in [0.3, 0.4) is 0 Å². The van der Waals surface area contributed by atoms with Crippen LogP contribution in [-0.2, 0) is 12.7 Å². The lowest BCUT2D eigenvalue weighted by Gasteiger charge is -2.10. The minimum Gasteiger partial charge on any atom is -0.383 e. The van der Waals surface area contributed by atoms with Crippen molar-refractivity contribution in [1.82, 2.24) is 9.55 Å². The molecule has 0 aliphatic heterocycles. The predicted molar refractivity (Wildman–Crippen MR) is 67.3 cm³/mol. The van der Waals surface area contributed by atoms with Gasteiger partial charge in [0, 0.05) is 12.1 Å². The number of alkyl halides is 3. The van der Waals surface area contributed by atoms with Crippen LogP contribution in [0, 0.1) is 5.82 Å². The minimum atomic E-state index is -4.75. The zero-order valence-corrected chi connectivity index (χ0v) is 10.7. The van der Waals surface area contributed by atoms with E-state index in [9.17, 15) is 17.6 Å². The Balaban J connectivity index is 2.49. The second-order valence-electron chi connectivity index (χ2n) is 4.36. The molecule has 0 amide bonds. The molecule has 2 rings (SSSR count). The van der Waals surface area contributed by atoms with Crippen molar-refractivity contribution in [2.24, 2.45) is 0 Å². The summed E-state index contributed by atoms with van der Waals surface area (Å²) in [4.78, 5) is 4.01. The average Bonchev–Trinajstić information content (AvgIpc) is 2.71. The average molecular weight is 287 g/mol. The summed E-state index contributed by atoms with van der Waals surface area (Å²) in [5.74, 6) is -1.04. The number of rotatable bonds is 3. The highest BCUT2D eigenvalue weighted by Gasteiger charge is 2.34. The van der Waals surface area contributed by atoms with Crippen LogP contribution in [0.15, 0.2) is 24.5 Å². The Bertz CT molecular complexity index is 617. The molecule has 2 aromatic rings. The first-order valence-electron chi connectivity index (χ1n) is 6.02. The van der Waals surface area contributed by atoms with E-state index in [2.05, 4.69) is 4.98 Å². The van der Waals surface area contributed by atoms with Gasteiger partial charge in [-0.05, 0) is 24.6 Å². The molecular weight excluding hydrogens is 274 g/mol. The van der Waals surface area contributed by atoms with Crippen molar-refractivity contribution in [2.45, 2.75) is 26.1 Å². The number of nitrogen functional groups attached to an aromatic ring is 1. The highest BCUT2D eigenvalue weighted by Crippen LogP contribution is 2.35. The van der Waals surface area contributed by atoms with Crippen molar-refractivity contribution in [3.05, 3.63) is 35.9 Å². The van der Waals surface area contributed by atoms with Gasteiger partial charge in [-0.1, -0.05) is 6.92 Å². The van der Waals surface area contributed by atoms with Crippen LogP contribution in [0.25, 0.3) is 11.3 Å². The van der Waals surface area contributed by atoms with Gasteiger partial charge in [-0.3, -0.25) is 0 Å². The predicted octanol–water partition coefficient (Wildman–Crippen LogP) is 3.70. The topological polar surface area (TPSA) is 43.8 Å². The standard InChI is InChI=1S/C13H13F4N3/c1-2-5-20-7-19-11(12(20)18)8-3-4-10(14)9(6-8)13(15,16)17/h3-4,6-7H,2,5,18H2,1H3. The second kappa shape index (κ2) is 5.15. The molecule has 20 heavy (non-hydrogen) atoms. The molecule has 3 nitrogen and oxygen atoms in total. The Morgan fingerprint density at radius 2 is 2.00 bits per heavy atom. The molecule has 0 aliphatic rings. The van der Waals surface area contributed by atoms with E-state index in [1.54, 1.807) is 4.57 Å². The fourth-order valence-electron chi connectivity index (χ4n) is 1.92. The molecule has 0 radical (unpaired) electrons. The number of benzene rings is 1. The van der Waals surface area contributed by atoms with Gasteiger partial charge in [-0.2, -0.15) is 13.2 Å². The molecule has 0 aliphatic carbocycles. The smallest absolute Gasteiger partial charge is 0.383 e. The molecule has 2 N–H and O–H groups in total. The molecule has 0 atom stereocenters. The third kappa shape index (κ3) is 2.61. The van der Waals surface area contributed by atoms with Gasteiger partial charge in [0.25, 0.3) is 0 Å². The summed E-state index contributed by atoms with van der Waals surface area (Å²) in [5, 5.41) is 0.